The predicted octanol–water partition coefficient (Wildman–Crippen LogP) is 1.18. The van der Waals surface area contributed by atoms with Crippen molar-refractivity contribution in [3.8, 4) is 0 Å². The molecule has 1 aliphatic heterocycles. The third-order valence-electron chi connectivity index (χ3n) is 2.45. The van der Waals surface area contributed by atoms with Crippen LogP contribution in [0.5, 0.6) is 0 Å². The molecule has 0 saturated carbocycles. The first-order chi connectivity index (χ1) is 5.88. The maximum atomic E-state index is 12.1. The number of hydrogen-bond acceptors (Lipinski definition) is 2. The lowest BCUT2D eigenvalue weighted by molar-refractivity contribution is -0.150. The maximum absolute atomic E-state index is 12.1. The maximum Gasteiger partial charge on any atom is 0.390 e. The van der Waals surface area contributed by atoms with E-state index < -0.39 is 12.6 Å². The van der Waals surface area contributed by atoms with Gasteiger partial charge in [0.05, 0.1) is 6.42 Å². The number of rotatable bonds is 1. The summed E-state index contributed by atoms with van der Waals surface area (Å²) in [6, 6.07) is -0.376. The SMILES string of the molecule is CN1CCN(C)C(CC(F)(F)F)C1. The zero-order valence-corrected chi connectivity index (χ0v) is 7.93. The van der Waals surface area contributed by atoms with E-state index in [9.17, 15) is 13.2 Å². The number of piperazine rings is 1. The first-order valence-corrected chi connectivity index (χ1v) is 4.34. The van der Waals surface area contributed by atoms with Gasteiger partial charge < -0.3 is 9.80 Å². The highest BCUT2D eigenvalue weighted by atomic mass is 19.4. The molecule has 13 heavy (non-hydrogen) atoms. The second kappa shape index (κ2) is 3.84. The zero-order valence-electron chi connectivity index (χ0n) is 7.93. The van der Waals surface area contributed by atoms with Gasteiger partial charge >= 0.3 is 6.18 Å². The Morgan fingerprint density at radius 2 is 1.85 bits per heavy atom. The molecule has 5 heteroatoms. The molecule has 0 bridgehead atoms. The fourth-order valence-corrected chi connectivity index (χ4v) is 1.59. The predicted molar refractivity (Wildman–Crippen MR) is 44.6 cm³/mol. The summed E-state index contributed by atoms with van der Waals surface area (Å²) in [5.74, 6) is 0. The van der Waals surface area contributed by atoms with Gasteiger partial charge in [-0.2, -0.15) is 13.2 Å². The summed E-state index contributed by atoms with van der Waals surface area (Å²) in [4.78, 5) is 3.73. The second-order valence-electron chi connectivity index (χ2n) is 3.72. The summed E-state index contributed by atoms with van der Waals surface area (Å²) in [5, 5.41) is 0. The number of halogens is 3. The zero-order chi connectivity index (χ0) is 10.1. The lowest BCUT2D eigenvalue weighted by atomic mass is 10.1. The van der Waals surface area contributed by atoms with Gasteiger partial charge in [-0.1, -0.05) is 0 Å². The Hall–Kier alpha value is -0.290. The van der Waals surface area contributed by atoms with Gasteiger partial charge in [0.15, 0.2) is 0 Å². The van der Waals surface area contributed by atoms with Crippen molar-refractivity contribution in [3.05, 3.63) is 0 Å². The van der Waals surface area contributed by atoms with Crippen molar-refractivity contribution in [1.82, 2.24) is 9.80 Å². The van der Waals surface area contributed by atoms with Gasteiger partial charge in [0.1, 0.15) is 0 Å². The van der Waals surface area contributed by atoms with Crippen LogP contribution in [0.3, 0.4) is 0 Å². The third kappa shape index (κ3) is 3.52. The van der Waals surface area contributed by atoms with Gasteiger partial charge in [-0.05, 0) is 14.1 Å². The number of likely N-dealkylation sites (N-methyl/N-ethyl adjacent to an activating group) is 2. The van der Waals surface area contributed by atoms with Gasteiger partial charge in [0.25, 0.3) is 0 Å². The average Bonchev–Trinajstić information content (AvgIpc) is 1.94. The highest BCUT2D eigenvalue weighted by Crippen LogP contribution is 2.25. The molecule has 0 N–H and O–H groups in total. The molecule has 1 aliphatic rings. The molecule has 1 saturated heterocycles. The molecular formula is C8H15F3N2. The molecule has 1 rings (SSSR count). The molecule has 0 aliphatic carbocycles. The minimum atomic E-state index is -4.04. The standard InChI is InChI=1S/C8H15F3N2/c1-12-3-4-13(2)7(6-12)5-8(9,10)11/h7H,3-6H2,1-2H3. The van der Waals surface area contributed by atoms with Gasteiger partial charge in [0, 0.05) is 25.7 Å². The molecule has 0 radical (unpaired) electrons. The van der Waals surface area contributed by atoms with Gasteiger partial charge in [0.2, 0.25) is 0 Å². The fourth-order valence-electron chi connectivity index (χ4n) is 1.59. The largest absolute Gasteiger partial charge is 0.390 e. The molecule has 1 fully saturated rings. The van der Waals surface area contributed by atoms with E-state index in [0.717, 1.165) is 13.1 Å². The molecule has 78 valence electrons. The number of hydrogen-bond donors (Lipinski definition) is 0. The van der Waals surface area contributed by atoms with Gasteiger partial charge in [-0.15, -0.1) is 0 Å². The summed E-state index contributed by atoms with van der Waals surface area (Å²) in [6.07, 6.45) is -4.75. The van der Waals surface area contributed by atoms with E-state index in [0.29, 0.717) is 6.54 Å². The van der Waals surface area contributed by atoms with Crippen molar-refractivity contribution in [2.45, 2.75) is 18.6 Å². The monoisotopic (exact) mass is 196 g/mol. The Morgan fingerprint density at radius 1 is 1.23 bits per heavy atom. The van der Waals surface area contributed by atoms with Crippen molar-refractivity contribution >= 4 is 0 Å². The van der Waals surface area contributed by atoms with E-state index >= 15 is 0 Å². The highest BCUT2D eigenvalue weighted by Gasteiger charge is 2.35. The van der Waals surface area contributed by atoms with Crippen LogP contribution in [0, 0.1) is 0 Å². The molecular weight excluding hydrogens is 181 g/mol. The summed E-state index contributed by atoms with van der Waals surface area (Å²) < 4.78 is 36.3. The molecule has 2 nitrogen and oxygen atoms in total. The van der Waals surface area contributed by atoms with Crippen LogP contribution in [-0.2, 0) is 0 Å². The first-order valence-electron chi connectivity index (χ1n) is 4.34. The summed E-state index contributed by atoms with van der Waals surface area (Å²) in [6.45, 7) is 2.08. The van der Waals surface area contributed by atoms with E-state index in [4.69, 9.17) is 0 Å². The van der Waals surface area contributed by atoms with Crippen molar-refractivity contribution in [3.63, 3.8) is 0 Å². The van der Waals surface area contributed by atoms with Crippen LogP contribution in [0.15, 0.2) is 0 Å². The molecule has 0 spiro atoms. The first kappa shape index (κ1) is 10.8. The van der Waals surface area contributed by atoms with Crippen molar-refractivity contribution in [2.75, 3.05) is 33.7 Å². The van der Waals surface area contributed by atoms with Crippen LogP contribution in [0.4, 0.5) is 13.2 Å². The summed E-state index contributed by atoms with van der Waals surface area (Å²) >= 11 is 0. The van der Waals surface area contributed by atoms with Crippen LogP contribution in [-0.4, -0.2) is 55.7 Å². The topological polar surface area (TPSA) is 6.48 Å². The molecule has 1 heterocycles. The van der Waals surface area contributed by atoms with E-state index in [-0.39, 0.29) is 6.04 Å². The molecule has 0 amide bonds. The van der Waals surface area contributed by atoms with Crippen molar-refractivity contribution in [2.24, 2.45) is 0 Å². The quantitative estimate of drug-likeness (QED) is 0.621. The second-order valence-corrected chi connectivity index (χ2v) is 3.72. The van der Waals surface area contributed by atoms with Crippen LogP contribution in [0.25, 0.3) is 0 Å². The lowest BCUT2D eigenvalue weighted by Gasteiger charge is -2.37. The molecule has 0 aromatic rings. The lowest BCUT2D eigenvalue weighted by Crippen LogP contribution is -2.51. The van der Waals surface area contributed by atoms with Crippen molar-refractivity contribution < 1.29 is 13.2 Å². The smallest absolute Gasteiger partial charge is 0.304 e. The van der Waals surface area contributed by atoms with Crippen molar-refractivity contribution in [1.29, 1.82) is 0 Å². The normalized spacial score (nSPS) is 27.9. The van der Waals surface area contributed by atoms with E-state index in [2.05, 4.69) is 0 Å². The van der Waals surface area contributed by atoms with Crippen LogP contribution >= 0.6 is 0 Å². The van der Waals surface area contributed by atoms with Crippen LogP contribution < -0.4 is 0 Å². The minimum Gasteiger partial charge on any atom is -0.304 e. The highest BCUT2D eigenvalue weighted by molar-refractivity contribution is 4.80. The Balaban J connectivity index is 2.47. The fraction of sp³-hybridized carbons (Fsp3) is 1.00. The number of nitrogens with zero attached hydrogens (tertiary/aromatic N) is 2. The average molecular weight is 196 g/mol. The summed E-state index contributed by atoms with van der Waals surface area (Å²) in [5.41, 5.74) is 0. The molecule has 1 unspecified atom stereocenters. The Labute approximate surface area is 76.3 Å². The number of alkyl halides is 3. The van der Waals surface area contributed by atoms with Crippen LogP contribution in [0.2, 0.25) is 0 Å². The van der Waals surface area contributed by atoms with E-state index in [1.54, 1.807) is 11.9 Å². The minimum absolute atomic E-state index is 0.376. The third-order valence-corrected chi connectivity index (χ3v) is 2.45. The van der Waals surface area contributed by atoms with Crippen LogP contribution in [0.1, 0.15) is 6.42 Å². The molecule has 1 atom stereocenters. The van der Waals surface area contributed by atoms with Gasteiger partial charge in [-0.25, -0.2) is 0 Å². The molecule has 0 aromatic heterocycles. The Kier molecular flexibility index (Phi) is 3.18. The van der Waals surface area contributed by atoms with E-state index in [1.807, 2.05) is 11.9 Å². The summed E-state index contributed by atoms with van der Waals surface area (Å²) in [7, 11) is 3.61. The van der Waals surface area contributed by atoms with Gasteiger partial charge in [-0.3, -0.25) is 0 Å². The molecule has 0 aromatic carbocycles. The van der Waals surface area contributed by atoms with E-state index in [1.165, 1.54) is 0 Å². The Morgan fingerprint density at radius 3 is 2.38 bits per heavy atom. The Bertz CT molecular complexity index is 169.